The number of nitrogens with zero attached hydrogens (tertiary/aromatic N) is 4. The van der Waals surface area contributed by atoms with E-state index in [1.165, 1.54) is 0 Å². The number of hydrogen-bond donors (Lipinski definition) is 2. The van der Waals surface area contributed by atoms with Crippen LogP contribution in [0.15, 0.2) is 6.20 Å². The zero-order chi connectivity index (χ0) is 12.8. The van der Waals surface area contributed by atoms with Crippen molar-refractivity contribution < 1.29 is 4.39 Å². The van der Waals surface area contributed by atoms with Crippen LogP contribution in [0.3, 0.4) is 0 Å². The normalized spacial score (nSPS) is 10.7. The molecule has 0 bridgehead atoms. The fourth-order valence-corrected chi connectivity index (χ4v) is 1.43. The standard InChI is InChI=1S/C10H19FN6/c1-16(2)5-4-6-17(3)9-8(11)7-13-10(14-9)15-12/h7H,4-6,12H2,1-3H3,(H,13,14,15). The summed E-state index contributed by atoms with van der Waals surface area (Å²) in [6, 6.07) is 0. The lowest BCUT2D eigenvalue weighted by molar-refractivity contribution is 0.401. The molecule has 1 rings (SSSR count). The maximum atomic E-state index is 13.5. The van der Waals surface area contributed by atoms with Crippen molar-refractivity contribution >= 4 is 11.8 Å². The van der Waals surface area contributed by atoms with Crippen molar-refractivity contribution in [2.75, 3.05) is 44.6 Å². The summed E-state index contributed by atoms with van der Waals surface area (Å²) in [6.45, 7) is 1.66. The van der Waals surface area contributed by atoms with E-state index < -0.39 is 5.82 Å². The molecule has 0 spiro atoms. The summed E-state index contributed by atoms with van der Waals surface area (Å²) in [7, 11) is 5.80. The molecule has 1 heterocycles. The van der Waals surface area contributed by atoms with Crippen LogP contribution in [0.1, 0.15) is 6.42 Å². The number of halogens is 1. The van der Waals surface area contributed by atoms with Gasteiger partial charge in [-0.1, -0.05) is 0 Å². The van der Waals surface area contributed by atoms with Crippen molar-refractivity contribution in [3.63, 3.8) is 0 Å². The van der Waals surface area contributed by atoms with E-state index in [-0.39, 0.29) is 11.8 Å². The van der Waals surface area contributed by atoms with Crippen molar-refractivity contribution in [3.05, 3.63) is 12.0 Å². The first-order valence-corrected chi connectivity index (χ1v) is 5.39. The Bertz CT molecular complexity index is 357. The van der Waals surface area contributed by atoms with Gasteiger partial charge < -0.3 is 9.80 Å². The minimum absolute atomic E-state index is 0.209. The first kappa shape index (κ1) is 13.6. The molecule has 0 aliphatic carbocycles. The van der Waals surface area contributed by atoms with Crippen LogP contribution in [0.25, 0.3) is 0 Å². The number of hydrazine groups is 1. The average Bonchev–Trinajstić information content (AvgIpc) is 2.29. The summed E-state index contributed by atoms with van der Waals surface area (Å²) >= 11 is 0. The van der Waals surface area contributed by atoms with Gasteiger partial charge in [-0.2, -0.15) is 4.98 Å². The van der Waals surface area contributed by atoms with Crippen LogP contribution in [-0.4, -0.2) is 49.1 Å². The Balaban J connectivity index is 2.64. The third-order valence-corrected chi connectivity index (χ3v) is 2.32. The van der Waals surface area contributed by atoms with Crippen LogP contribution in [0, 0.1) is 5.82 Å². The van der Waals surface area contributed by atoms with Crippen LogP contribution in [0.4, 0.5) is 16.2 Å². The molecule has 7 heteroatoms. The minimum Gasteiger partial charge on any atom is -0.357 e. The predicted molar refractivity (Wildman–Crippen MR) is 66.2 cm³/mol. The summed E-state index contributed by atoms with van der Waals surface area (Å²) < 4.78 is 13.5. The third kappa shape index (κ3) is 4.12. The van der Waals surface area contributed by atoms with Gasteiger partial charge in [0.25, 0.3) is 0 Å². The number of nitrogens with one attached hydrogen (secondary N) is 1. The molecular weight excluding hydrogens is 223 g/mol. The summed E-state index contributed by atoms with van der Waals surface area (Å²) in [5.41, 5.74) is 2.30. The number of aromatic nitrogens is 2. The summed E-state index contributed by atoms with van der Waals surface area (Å²) in [5, 5.41) is 0. The molecule has 0 atom stereocenters. The average molecular weight is 242 g/mol. The monoisotopic (exact) mass is 242 g/mol. The van der Waals surface area contributed by atoms with Gasteiger partial charge in [0.05, 0.1) is 6.20 Å². The zero-order valence-corrected chi connectivity index (χ0v) is 10.4. The van der Waals surface area contributed by atoms with Gasteiger partial charge in [-0.05, 0) is 27.1 Å². The predicted octanol–water partition coefficient (Wildman–Crippen LogP) is 0.289. The number of nitrogens with two attached hydrogens (primary N) is 1. The van der Waals surface area contributed by atoms with Gasteiger partial charge in [-0.15, -0.1) is 0 Å². The van der Waals surface area contributed by atoms with Gasteiger partial charge in [0, 0.05) is 13.6 Å². The van der Waals surface area contributed by atoms with E-state index in [1.807, 2.05) is 14.1 Å². The van der Waals surface area contributed by atoms with Crippen molar-refractivity contribution in [3.8, 4) is 0 Å². The number of nitrogen functional groups attached to an aromatic ring is 1. The quantitative estimate of drug-likeness (QED) is 0.552. The molecule has 6 nitrogen and oxygen atoms in total. The molecule has 0 unspecified atom stereocenters. The maximum Gasteiger partial charge on any atom is 0.239 e. The van der Waals surface area contributed by atoms with Crippen molar-refractivity contribution in [1.29, 1.82) is 0 Å². The molecule has 17 heavy (non-hydrogen) atoms. The molecule has 0 aromatic carbocycles. The van der Waals surface area contributed by atoms with E-state index in [2.05, 4.69) is 20.3 Å². The largest absolute Gasteiger partial charge is 0.357 e. The number of rotatable bonds is 6. The lowest BCUT2D eigenvalue weighted by Crippen LogP contribution is -2.25. The highest BCUT2D eigenvalue weighted by Crippen LogP contribution is 2.15. The Morgan fingerprint density at radius 2 is 2.06 bits per heavy atom. The second kappa shape index (κ2) is 6.31. The van der Waals surface area contributed by atoms with E-state index in [0.717, 1.165) is 25.7 Å². The molecular formula is C10H19FN6. The van der Waals surface area contributed by atoms with Gasteiger partial charge in [0.15, 0.2) is 11.6 Å². The molecule has 0 saturated carbocycles. The Morgan fingerprint density at radius 1 is 1.35 bits per heavy atom. The maximum absolute atomic E-state index is 13.5. The summed E-state index contributed by atoms with van der Waals surface area (Å²) in [6.07, 6.45) is 2.04. The topological polar surface area (TPSA) is 70.3 Å². The smallest absolute Gasteiger partial charge is 0.239 e. The molecule has 0 fully saturated rings. The van der Waals surface area contributed by atoms with Crippen LogP contribution < -0.4 is 16.2 Å². The number of anilines is 2. The van der Waals surface area contributed by atoms with Crippen LogP contribution in [0.2, 0.25) is 0 Å². The van der Waals surface area contributed by atoms with E-state index in [0.29, 0.717) is 0 Å². The van der Waals surface area contributed by atoms with Gasteiger partial charge in [-0.25, -0.2) is 15.2 Å². The summed E-state index contributed by atoms with van der Waals surface area (Å²) in [4.78, 5) is 11.5. The lowest BCUT2D eigenvalue weighted by Gasteiger charge is -2.20. The minimum atomic E-state index is -0.448. The molecule has 0 aliphatic heterocycles. The first-order valence-electron chi connectivity index (χ1n) is 5.39. The lowest BCUT2D eigenvalue weighted by atomic mass is 10.3. The van der Waals surface area contributed by atoms with E-state index in [4.69, 9.17) is 5.84 Å². The van der Waals surface area contributed by atoms with E-state index in [9.17, 15) is 4.39 Å². The zero-order valence-electron chi connectivity index (χ0n) is 10.4. The SMILES string of the molecule is CN(C)CCCN(C)c1nc(NN)ncc1F. The van der Waals surface area contributed by atoms with Crippen molar-refractivity contribution in [2.24, 2.45) is 5.84 Å². The molecule has 0 aliphatic rings. The second-order valence-electron chi connectivity index (χ2n) is 4.09. The van der Waals surface area contributed by atoms with Crippen molar-refractivity contribution in [2.45, 2.75) is 6.42 Å². The molecule has 0 saturated heterocycles. The fraction of sp³-hybridized carbons (Fsp3) is 0.600. The first-order chi connectivity index (χ1) is 8.04. The molecule has 1 aromatic heterocycles. The van der Waals surface area contributed by atoms with Gasteiger partial charge in [0.1, 0.15) is 0 Å². The highest BCUT2D eigenvalue weighted by atomic mass is 19.1. The molecule has 0 radical (unpaired) electrons. The third-order valence-electron chi connectivity index (χ3n) is 2.32. The molecule has 96 valence electrons. The van der Waals surface area contributed by atoms with Gasteiger partial charge in [0.2, 0.25) is 5.95 Å². The fourth-order valence-electron chi connectivity index (χ4n) is 1.43. The van der Waals surface area contributed by atoms with E-state index >= 15 is 0 Å². The molecule has 1 aromatic rings. The van der Waals surface area contributed by atoms with Crippen molar-refractivity contribution in [1.82, 2.24) is 14.9 Å². The van der Waals surface area contributed by atoms with Crippen LogP contribution in [-0.2, 0) is 0 Å². The molecule has 3 N–H and O–H groups in total. The molecule has 0 amide bonds. The Hall–Kier alpha value is -1.47. The van der Waals surface area contributed by atoms with Gasteiger partial charge >= 0.3 is 0 Å². The Morgan fingerprint density at radius 3 is 2.65 bits per heavy atom. The highest BCUT2D eigenvalue weighted by molar-refractivity contribution is 5.42. The number of hydrogen-bond acceptors (Lipinski definition) is 6. The van der Waals surface area contributed by atoms with Crippen LogP contribution >= 0.6 is 0 Å². The Labute approximate surface area is 101 Å². The Kier molecular flexibility index (Phi) is 5.05. The van der Waals surface area contributed by atoms with E-state index in [1.54, 1.807) is 11.9 Å². The highest BCUT2D eigenvalue weighted by Gasteiger charge is 2.11. The summed E-state index contributed by atoms with van der Waals surface area (Å²) in [5.74, 6) is 5.20. The van der Waals surface area contributed by atoms with Crippen LogP contribution in [0.5, 0.6) is 0 Å². The second-order valence-corrected chi connectivity index (χ2v) is 4.09. The van der Waals surface area contributed by atoms with Gasteiger partial charge in [-0.3, -0.25) is 5.43 Å².